The number of carboxylic acids is 1. The van der Waals surface area contributed by atoms with Gasteiger partial charge in [0, 0.05) is 13.1 Å². The summed E-state index contributed by atoms with van der Waals surface area (Å²) in [5.41, 5.74) is 1.35. The minimum Gasteiger partial charge on any atom is -0.478 e. The lowest BCUT2D eigenvalue weighted by atomic mass is 10.1. The zero-order valence-electron chi connectivity index (χ0n) is 10.5. The van der Waals surface area contributed by atoms with E-state index in [1.54, 1.807) is 12.1 Å². The molecular weight excluding hydrogens is 226 g/mol. The number of hydrogen-bond acceptors (Lipinski definition) is 2. The summed E-state index contributed by atoms with van der Waals surface area (Å²) < 4.78 is 0. The van der Waals surface area contributed by atoms with Gasteiger partial charge in [-0.1, -0.05) is 12.1 Å². The first-order chi connectivity index (χ1) is 8.74. The van der Waals surface area contributed by atoms with Crippen molar-refractivity contribution in [2.24, 2.45) is 11.8 Å². The van der Waals surface area contributed by atoms with Crippen molar-refractivity contribution in [2.45, 2.75) is 25.7 Å². The smallest absolute Gasteiger partial charge is 0.337 e. The zero-order valence-corrected chi connectivity index (χ0v) is 10.5. The van der Waals surface area contributed by atoms with E-state index >= 15 is 0 Å². The van der Waals surface area contributed by atoms with E-state index in [4.69, 9.17) is 0 Å². The van der Waals surface area contributed by atoms with Gasteiger partial charge in [-0.15, -0.1) is 0 Å². The number of nitrogens with zero attached hydrogens (tertiary/aromatic N) is 1. The van der Waals surface area contributed by atoms with Gasteiger partial charge >= 0.3 is 5.97 Å². The SMILES string of the molecule is O=C(O)c1ccccc1N(CC1CC1)CC1CC1. The maximum atomic E-state index is 11.3. The Morgan fingerprint density at radius 3 is 2.17 bits per heavy atom. The molecule has 3 nitrogen and oxygen atoms in total. The second-order valence-electron chi connectivity index (χ2n) is 5.61. The summed E-state index contributed by atoms with van der Waals surface area (Å²) in [5, 5.41) is 9.29. The predicted octanol–water partition coefficient (Wildman–Crippen LogP) is 3.01. The van der Waals surface area contributed by atoms with Gasteiger partial charge in [-0.2, -0.15) is 0 Å². The van der Waals surface area contributed by atoms with Crippen LogP contribution in [-0.2, 0) is 0 Å². The minimum absolute atomic E-state index is 0.443. The number of carbonyl (C=O) groups is 1. The third-order valence-corrected chi connectivity index (χ3v) is 3.83. The van der Waals surface area contributed by atoms with E-state index in [9.17, 15) is 9.90 Å². The summed E-state index contributed by atoms with van der Waals surface area (Å²) in [6.07, 6.45) is 5.21. The fourth-order valence-corrected chi connectivity index (χ4v) is 2.43. The average Bonchev–Trinajstić information content (AvgIpc) is 3.23. The number of benzene rings is 1. The van der Waals surface area contributed by atoms with E-state index in [0.29, 0.717) is 5.56 Å². The van der Waals surface area contributed by atoms with Crippen LogP contribution in [0, 0.1) is 11.8 Å². The summed E-state index contributed by atoms with van der Waals surface area (Å²) in [5.74, 6) is 0.749. The van der Waals surface area contributed by atoms with Crippen molar-refractivity contribution in [3.8, 4) is 0 Å². The van der Waals surface area contributed by atoms with E-state index < -0.39 is 5.97 Å². The summed E-state index contributed by atoms with van der Waals surface area (Å²) in [6, 6.07) is 7.41. The maximum absolute atomic E-state index is 11.3. The monoisotopic (exact) mass is 245 g/mol. The normalized spacial score (nSPS) is 18.7. The summed E-state index contributed by atoms with van der Waals surface area (Å²) >= 11 is 0. The lowest BCUT2D eigenvalue weighted by Crippen LogP contribution is -2.29. The number of para-hydroxylation sites is 1. The molecule has 0 heterocycles. The molecule has 2 aliphatic rings. The highest BCUT2D eigenvalue weighted by atomic mass is 16.4. The Kier molecular flexibility index (Phi) is 2.98. The molecule has 0 bridgehead atoms. The van der Waals surface area contributed by atoms with Crippen LogP contribution < -0.4 is 4.90 Å². The van der Waals surface area contributed by atoms with Gasteiger partial charge in [-0.25, -0.2) is 4.79 Å². The molecule has 0 spiro atoms. The molecule has 2 aliphatic carbocycles. The second-order valence-corrected chi connectivity index (χ2v) is 5.61. The average molecular weight is 245 g/mol. The number of hydrogen-bond donors (Lipinski definition) is 1. The van der Waals surface area contributed by atoms with E-state index in [2.05, 4.69) is 4.90 Å². The molecule has 2 saturated carbocycles. The Morgan fingerprint density at radius 1 is 1.11 bits per heavy atom. The molecule has 0 radical (unpaired) electrons. The van der Waals surface area contributed by atoms with Crippen LogP contribution in [0.1, 0.15) is 36.0 Å². The molecule has 0 amide bonds. The zero-order chi connectivity index (χ0) is 12.5. The van der Waals surface area contributed by atoms with Crippen LogP contribution >= 0.6 is 0 Å². The van der Waals surface area contributed by atoms with Gasteiger partial charge in [0.05, 0.1) is 11.3 Å². The molecule has 18 heavy (non-hydrogen) atoms. The number of anilines is 1. The molecule has 1 aromatic carbocycles. The Morgan fingerprint density at radius 2 is 1.67 bits per heavy atom. The molecule has 3 heteroatoms. The van der Waals surface area contributed by atoms with Crippen molar-refractivity contribution in [3.63, 3.8) is 0 Å². The van der Waals surface area contributed by atoms with E-state index in [-0.39, 0.29) is 0 Å². The van der Waals surface area contributed by atoms with Crippen molar-refractivity contribution < 1.29 is 9.90 Å². The molecule has 3 rings (SSSR count). The van der Waals surface area contributed by atoms with Crippen LogP contribution in [0.3, 0.4) is 0 Å². The van der Waals surface area contributed by atoms with Crippen LogP contribution in [0.2, 0.25) is 0 Å². The third kappa shape index (κ3) is 2.66. The van der Waals surface area contributed by atoms with Crippen LogP contribution in [-0.4, -0.2) is 24.2 Å². The molecule has 0 aromatic heterocycles. The van der Waals surface area contributed by atoms with Crippen LogP contribution in [0.4, 0.5) is 5.69 Å². The Bertz CT molecular complexity index is 436. The van der Waals surface area contributed by atoms with Gasteiger partial charge in [0.1, 0.15) is 0 Å². The fraction of sp³-hybridized carbons (Fsp3) is 0.533. The molecule has 0 unspecified atom stereocenters. The molecule has 0 atom stereocenters. The van der Waals surface area contributed by atoms with Crippen molar-refractivity contribution in [1.29, 1.82) is 0 Å². The number of carboxylic acid groups (broad SMARTS) is 1. The first-order valence-electron chi connectivity index (χ1n) is 6.81. The maximum Gasteiger partial charge on any atom is 0.337 e. The first-order valence-corrected chi connectivity index (χ1v) is 6.81. The van der Waals surface area contributed by atoms with Crippen LogP contribution in [0.5, 0.6) is 0 Å². The Labute approximate surface area is 107 Å². The van der Waals surface area contributed by atoms with Gasteiger partial charge < -0.3 is 10.0 Å². The predicted molar refractivity (Wildman–Crippen MR) is 71.1 cm³/mol. The second kappa shape index (κ2) is 4.63. The lowest BCUT2D eigenvalue weighted by Gasteiger charge is -2.26. The highest BCUT2D eigenvalue weighted by Gasteiger charge is 2.30. The lowest BCUT2D eigenvalue weighted by molar-refractivity contribution is 0.0697. The topological polar surface area (TPSA) is 40.5 Å². The molecule has 0 saturated heterocycles. The van der Waals surface area contributed by atoms with Gasteiger partial charge in [-0.3, -0.25) is 0 Å². The number of rotatable bonds is 6. The van der Waals surface area contributed by atoms with Gasteiger partial charge in [-0.05, 0) is 49.7 Å². The molecule has 0 aliphatic heterocycles. The first kappa shape index (κ1) is 11.6. The highest BCUT2D eigenvalue weighted by Crippen LogP contribution is 2.36. The number of aromatic carboxylic acids is 1. The molecule has 96 valence electrons. The standard InChI is InChI=1S/C15H19NO2/c17-15(18)13-3-1-2-4-14(13)16(9-11-5-6-11)10-12-7-8-12/h1-4,11-12H,5-10H2,(H,17,18). The summed E-state index contributed by atoms with van der Waals surface area (Å²) in [4.78, 5) is 13.6. The van der Waals surface area contributed by atoms with E-state index in [0.717, 1.165) is 30.6 Å². The van der Waals surface area contributed by atoms with Gasteiger partial charge in [0.25, 0.3) is 0 Å². The molecule has 1 aromatic rings. The fourth-order valence-electron chi connectivity index (χ4n) is 2.43. The van der Waals surface area contributed by atoms with E-state index in [1.807, 2.05) is 12.1 Å². The van der Waals surface area contributed by atoms with Crippen LogP contribution in [0.25, 0.3) is 0 Å². The van der Waals surface area contributed by atoms with Crippen molar-refractivity contribution in [3.05, 3.63) is 29.8 Å². The minimum atomic E-state index is -0.817. The van der Waals surface area contributed by atoms with Crippen LogP contribution in [0.15, 0.2) is 24.3 Å². The van der Waals surface area contributed by atoms with Crippen molar-refractivity contribution >= 4 is 11.7 Å². The largest absolute Gasteiger partial charge is 0.478 e. The molecule has 1 N–H and O–H groups in total. The molecule has 2 fully saturated rings. The quantitative estimate of drug-likeness (QED) is 0.837. The van der Waals surface area contributed by atoms with E-state index in [1.165, 1.54) is 25.7 Å². The van der Waals surface area contributed by atoms with Gasteiger partial charge in [0.15, 0.2) is 0 Å². The summed E-state index contributed by atoms with van der Waals surface area (Å²) in [7, 11) is 0. The highest BCUT2D eigenvalue weighted by molar-refractivity contribution is 5.94. The molecular formula is C15H19NO2. The Balaban J connectivity index is 1.84. The summed E-state index contributed by atoms with van der Waals surface area (Å²) in [6.45, 7) is 2.06. The Hall–Kier alpha value is -1.51. The van der Waals surface area contributed by atoms with Gasteiger partial charge in [0.2, 0.25) is 0 Å². The van der Waals surface area contributed by atoms with Crippen molar-refractivity contribution in [1.82, 2.24) is 0 Å². The third-order valence-electron chi connectivity index (χ3n) is 3.83. The van der Waals surface area contributed by atoms with Crippen molar-refractivity contribution in [2.75, 3.05) is 18.0 Å².